The van der Waals surface area contributed by atoms with Gasteiger partial charge in [0.05, 0.1) is 16.8 Å². The van der Waals surface area contributed by atoms with Crippen LogP contribution in [0.3, 0.4) is 0 Å². The second-order valence-electron chi connectivity index (χ2n) is 6.30. The molecule has 1 aliphatic heterocycles. The van der Waals surface area contributed by atoms with Crippen LogP contribution in [0, 0.1) is 13.8 Å². The number of aryl methyl sites for hydroxylation is 2. The number of piperidine rings is 1. The molecule has 1 N–H and O–H groups in total. The summed E-state index contributed by atoms with van der Waals surface area (Å²) in [5, 5.41) is 0. The van der Waals surface area contributed by atoms with E-state index in [1.54, 1.807) is 24.4 Å². The van der Waals surface area contributed by atoms with Crippen molar-refractivity contribution in [2.45, 2.75) is 38.0 Å². The molecule has 1 aromatic carbocycles. The number of hydrogen-bond acceptors (Lipinski definition) is 4. The molecular weight excluding hydrogens is 322 g/mol. The minimum atomic E-state index is -3.59. The van der Waals surface area contributed by atoms with Crippen molar-refractivity contribution >= 4 is 21.5 Å². The Balaban J connectivity index is 1.76. The van der Waals surface area contributed by atoms with Crippen LogP contribution in [0.4, 0.5) is 11.5 Å². The first kappa shape index (κ1) is 16.8. The number of nitrogens with one attached hydrogen (secondary N) is 1. The summed E-state index contributed by atoms with van der Waals surface area (Å²) >= 11 is 0. The highest BCUT2D eigenvalue weighted by atomic mass is 32.2. The monoisotopic (exact) mass is 345 g/mol. The fourth-order valence-electron chi connectivity index (χ4n) is 2.85. The molecule has 0 atom stereocenters. The standard InChI is InChI=1S/C18H23N3O2S/c1-14-6-8-17(12-15(14)2)24(22,23)20-16-7-9-18(19-13-16)21-10-4-3-5-11-21/h6-9,12-13,20H,3-5,10-11H2,1-2H3. The van der Waals surface area contributed by atoms with Crippen molar-refractivity contribution in [1.82, 2.24) is 4.98 Å². The zero-order valence-corrected chi connectivity index (χ0v) is 14.9. The Hall–Kier alpha value is -2.08. The number of benzene rings is 1. The molecule has 5 nitrogen and oxygen atoms in total. The van der Waals surface area contributed by atoms with Gasteiger partial charge in [0.1, 0.15) is 5.82 Å². The first-order chi connectivity index (χ1) is 11.5. The van der Waals surface area contributed by atoms with Crippen LogP contribution in [-0.4, -0.2) is 26.5 Å². The molecule has 1 aromatic heterocycles. The number of anilines is 2. The molecule has 0 bridgehead atoms. The number of hydrogen-bond donors (Lipinski definition) is 1. The van der Waals surface area contributed by atoms with Crippen LogP contribution in [0.15, 0.2) is 41.4 Å². The highest BCUT2D eigenvalue weighted by Gasteiger charge is 2.16. The van der Waals surface area contributed by atoms with Crippen LogP contribution in [-0.2, 0) is 10.0 Å². The third-order valence-electron chi connectivity index (χ3n) is 4.47. The first-order valence-corrected chi connectivity index (χ1v) is 9.75. The lowest BCUT2D eigenvalue weighted by Crippen LogP contribution is -2.30. The molecule has 0 spiro atoms. The van der Waals surface area contributed by atoms with E-state index >= 15 is 0 Å². The molecule has 1 saturated heterocycles. The molecule has 0 aliphatic carbocycles. The molecule has 128 valence electrons. The van der Waals surface area contributed by atoms with Gasteiger partial charge in [-0.1, -0.05) is 6.07 Å². The van der Waals surface area contributed by atoms with Crippen molar-refractivity contribution in [3.05, 3.63) is 47.7 Å². The molecule has 0 amide bonds. The molecule has 0 unspecified atom stereocenters. The van der Waals surface area contributed by atoms with Gasteiger partial charge in [0.2, 0.25) is 0 Å². The van der Waals surface area contributed by atoms with Gasteiger partial charge in [-0.2, -0.15) is 0 Å². The summed E-state index contributed by atoms with van der Waals surface area (Å²) in [5.74, 6) is 0.906. The van der Waals surface area contributed by atoms with Crippen molar-refractivity contribution in [3.63, 3.8) is 0 Å². The van der Waals surface area contributed by atoms with E-state index in [1.165, 1.54) is 19.3 Å². The Morgan fingerprint density at radius 2 is 1.75 bits per heavy atom. The topological polar surface area (TPSA) is 62.3 Å². The van der Waals surface area contributed by atoms with Gasteiger partial charge in [-0.25, -0.2) is 13.4 Å². The van der Waals surface area contributed by atoms with Crippen LogP contribution in [0.25, 0.3) is 0 Å². The lowest BCUT2D eigenvalue weighted by molar-refractivity contribution is 0.573. The lowest BCUT2D eigenvalue weighted by Gasteiger charge is -2.27. The van der Waals surface area contributed by atoms with Gasteiger partial charge in [-0.3, -0.25) is 4.72 Å². The molecule has 6 heteroatoms. The molecular formula is C18H23N3O2S. The Morgan fingerprint density at radius 3 is 2.38 bits per heavy atom. The number of aromatic nitrogens is 1. The van der Waals surface area contributed by atoms with E-state index < -0.39 is 10.0 Å². The molecule has 1 fully saturated rings. The van der Waals surface area contributed by atoms with Crippen molar-refractivity contribution < 1.29 is 8.42 Å². The van der Waals surface area contributed by atoms with E-state index in [9.17, 15) is 8.42 Å². The minimum Gasteiger partial charge on any atom is -0.357 e. The van der Waals surface area contributed by atoms with E-state index in [-0.39, 0.29) is 4.90 Å². The lowest BCUT2D eigenvalue weighted by atomic mass is 10.1. The Labute approximate surface area is 143 Å². The molecule has 2 heterocycles. The molecule has 0 radical (unpaired) electrons. The number of sulfonamides is 1. The number of pyridine rings is 1. The predicted molar refractivity (Wildman–Crippen MR) is 97.0 cm³/mol. The molecule has 3 rings (SSSR count). The van der Waals surface area contributed by atoms with E-state index in [4.69, 9.17) is 0 Å². The van der Waals surface area contributed by atoms with Crippen molar-refractivity contribution in [2.75, 3.05) is 22.7 Å². The smallest absolute Gasteiger partial charge is 0.261 e. The Morgan fingerprint density at radius 1 is 1.00 bits per heavy atom. The third kappa shape index (κ3) is 3.70. The van der Waals surface area contributed by atoms with Crippen LogP contribution in [0.5, 0.6) is 0 Å². The summed E-state index contributed by atoms with van der Waals surface area (Å²) in [6.45, 7) is 5.90. The summed E-state index contributed by atoms with van der Waals surface area (Å²) in [6.07, 6.45) is 5.22. The van der Waals surface area contributed by atoms with E-state index in [0.29, 0.717) is 5.69 Å². The predicted octanol–water partition coefficient (Wildman–Crippen LogP) is 3.49. The van der Waals surface area contributed by atoms with E-state index in [1.807, 2.05) is 26.0 Å². The maximum Gasteiger partial charge on any atom is 0.261 e. The minimum absolute atomic E-state index is 0.269. The highest BCUT2D eigenvalue weighted by molar-refractivity contribution is 7.92. The van der Waals surface area contributed by atoms with Crippen molar-refractivity contribution in [3.8, 4) is 0 Å². The van der Waals surface area contributed by atoms with Crippen molar-refractivity contribution in [2.24, 2.45) is 0 Å². The Bertz CT molecular complexity index is 811. The molecule has 0 saturated carbocycles. The van der Waals surface area contributed by atoms with E-state index in [2.05, 4.69) is 14.6 Å². The fraction of sp³-hybridized carbons (Fsp3) is 0.389. The van der Waals surface area contributed by atoms with Crippen LogP contribution >= 0.6 is 0 Å². The SMILES string of the molecule is Cc1ccc(S(=O)(=O)Nc2ccc(N3CCCCC3)nc2)cc1C. The summed E-state index contributed by atoms with van der Waals surface area (Å²) < 4.78 is 27.6. The van der Waals surface area contributed by atoms with Gasteiger partial charge in [-0.05, 0) is 68.5 Å². The highest BCUT2D eigenvalue weighted by Crippen LogP contribution is 2.21. The quantitative estimate of drug-likeness (QED) is 0.921. The first-order valence-electron chi connectivity index (χ1n) is 8.27. The molecule has 24 heavy (non-hydrogen) atoms. The van der Waals surface area contributed by atoms with Gasteiger partial charge in [0.15, 0.2) is 0 Å². The summed E-state index contributed by atoms with van der Waals surface area (Å²) in [7, 11) is -3.59. The average molecular weight is 345 g/mol. The second kappa shape index (κ2) is 6.81. The van der Waals surface area contributed by atoms with Crippen LogP contribution in [0.2, 0.25) is 0 Å². The second-order valence-corrected chi connectivity index (χ2v) is 7.99. The largest absolute Gasteiger partial charge is 0.357 e. The third-order valence-corrected chi connectivity index (χ3v) is 5.85. The molecule has 2 aromatic rings. The Kier molecular flexibility index (Phi) is 4.76. The van der Waals surface area contributed by atoms with E-state index in [0.717, 1.165) is 30.0 Å². The molecule has 1 aliphatic rings. The maximum atomic E-state index is 12.5. The zero-order valence-electron chi connectivity index (χ0n) is 14.1. The summed E-state index contributed by atoms with van der Waals surface area (Å²) in [6, 6.07) is 8.79. The fourth-order valence-corrected chi connectivity index (χ4v) is 3.98. The summed E-state index contributed by atoms with van der Waals surface area (Å²) in [5.41, 5.74) is 2.51. The normalized spacial score (nSPS) is 15.3. The van der Waals surface area contributed by atoms with Crippen LogP contribution < -0.4 is 9.62 Å². The van der Waals surface area contributed by atoms with Crippen LogP contribution in [0.1, 0.15) is 30.4 Å². The van der Waals surface area contributed by atoms with Gasteiger partial charge >= 0.3 is 0 Å². The average Bonchev–Trinajstić information content (AvgIpc) is 2.58. The van der Waals surface area contributed by atoms with Crippen molar-refractivity contribution in [1.29, 1.82) is 0 Å². The van der Waals surface area contributed by atoms with Gasteiger partial charge < -0.3 is 4.90 Å². The van der Waals surface area contributed by atoms with Gasteiger partial charge in [0.25, 0.3) is 10.0 Å². The maximum absolute atomic E-state index is 12.5. The number of nitrogens with zero attached hydrogens (tertiary/aromatic N) is 2. The number of rotatable bonds is 4. The van der Waals surface area contributed by atoms with Gasteiger partial charge in [0, 0.05) is 13.1 Å². The summed E-state index contributed by atoms with van der Waals surface area (Å²) in [4.78, 5) is 6.92. The van der Waals surface area contributed by atoms with Gasteiger partial charge in [-0.15, -0.1) is 0 Å². The zero-order chi connectivity index (χ0) is 17.2.